The van der Waals surface area contributed by atoms with Gasteiger partial charge in [0.05, 0.1) is 25.2 Å². The van der Waals surface area contributed by atoms with E-state index < -0.39 is 18.2 Å². The summed E-state index contributed by atoms with van der Waals surface area (Å²) in [6, 6.07) is -0.704. The Balaban J connectivity index is 4.58. The number of rotatable bonds is 52. The molecule has 382 valence electrons. The Hall–Kier alpha value is -1.92. The van der Waals surface area contributed by atoms with E-state index in [0.29, 0.717) is 19.3 Å². The summed E-state index contributed by atoms with van der Waals surface area (Å²) < 4.78 is 5.96. The molecule has 0 aliphatic heterocycles. The molecule has 0 aliphatic rings. The van der Waals surface area contributed by atoms with Crippen LogP contribution in [-0.2, 0) is 14.3 Å². The van der Waals surface area contributed by atoms with Gasteiger partial charge < -0.3 is 20.3 Å². The van der Waals surface area contributed by atoms with E-state index in [1.807, 2.05) is 0 Å². The van der Waals surface area contributed by atoms with E-state index >= 15 is 0 Å². The third kappa shape index (κ3) is 48.3. The van der Waals surface area contributed by atoms with Gasteiger partial charge in [-0.25, -0.2) is 0 Å². The topological polar surface area (TPSA) is 95.9 Å². The molecule has 0 aromatic heterocycles. The Morgan fingerprint density at radius 3 is 1.22 bits per heavy atom. The van der Waals surface area contributed by atoms with Gasteiger partial charge in [0.1, 0.15) is 6.10 Å². The Labute approximate surface area is 404 Å². The molecule has 6 nitrogen and oxygen atoms in total. The van der Waals surface area contributed by atoms with Gasteiger partial charge in [-0.3, -0.25) is 9.59 Å². The first kappa shape index (κ1) is 63.1. The predicted octanol–water partition coefficient (Wildman–Crippen LogP) is 17.6. The lowest BCUT2D eigenvalue weighted by molar-refractivity contribution is -0.151. The van der Waals surface area contributed by atoms with Crippen LogP contribution in [0.5, 0.6) is 0 Å². The fraction of sp³-hybridized carbons (Fsp3) is 0.864. The van der Waals surface area contributed by atoms with Crippen LogP contribution in [0.15, 0.2) is 36.5 Å². The van der Waals surface area contributed by atoms with Gasteiger partial charge in [-0.1, -0.05) is 243 Å². The quantitative estimate of drug-likeness (QED) is 0.0321. The summed E-state index contributed by atoms with van der Waals surface area (Å²) in [5.74, 6) is -0.478. The highest BCUT2D eigenvalue weighted by molar-refractivity contribution is 5.77. The fourth-order valence-corrected chi connectivity index (χ4v) is 8.81. The van der Waals surface area contributed by atoms with Crippen molar-refractivity contribution in [3.8, 4) is 0 Å². The number of nitrogens with one attached hydrogen (secondary N) is 1. The predicted molar refractivity (Wildman–Crippen MR) is 282 cm³/mol. The minimum Gasteiger partial charge on any atom is -0.462 e. The lowest BCUT2D eigenvalue weighted by Crippen LogP contribution is -2.46. The number of aliphatic hydroxyl groups excluding tert-OH is 2. The summed E-state index contributed by atoms with van der Waals surface area (Å²) in [5, 5.41) is 23.9. The standard InChI is InChI=1S/C59H111NO5/c1-4-7-10-13-16-19-22-25-27-29-30-33-35-38-41-44-47-50-55(65-59(64)52-49-46-43-40-37-34-31-28-26-23-20-17-14-11-8-5-2)53-58(63)60-56(54-61)57(62)51-48-45-42-39-36-32-24-21-18-15-12-9-6-3/h16,19,25,27-28,31,55-57,61-62H,4-15,17-18,20-24,26,29-30,32-54H2,1-3H3,(H,60,63)/b19-16-,27-25-,31-28+. The average molecular weight is 915 g/mol. The molecule has 0 aromatic rings. The molecule has 0 bridgehead atoms. The molecule has 3 atom stereocenters. The Bertz CT molecular complexity index is 1070. The lowest BCUT2D eigenvalue weighted by atomic mass is 10.0. The molecule has 1 amide bonds. The molecular weight excluding hydrogens is 803 g/mol. The van der Waals surface area contributed by atoms with E-state index in [0.717, 1.165) is 70.6 Å². The molecular formula is C59H111NO5. The van der Waals surface area contributed by atoms with Crippen molar-refractivity contribution < 1.29 is 24.5 Å². The maximum Gasteiger partial charge on any atom is 0.306 e. The van der Waals surface area contributed by atoms with E-state index in [-0.39, 0.29) is 24.9 Å². The van der Waals surface area contributed by atoms with Gasteiger partial charge in [0.25, 0.3) is 0 Å². The van der Waals surface area contributed by atoms with Crippen molar-refractivity contribution >= 4 is 11.9 Å². The number of amides is 1. The van der Waals surface area contributed by atoms with E-state index in [2.05, 4.69) is 62.5 Å². The van der Waals surface area contributed by atoms with Crippen LogP contribution in [0.4, 0.5) is 0 Å². The number of esters is 1. The second-order valence-corrected chi connectivity index (χ2v) is 19.7. The minimum absolute atomic E-state index is 0.0718. The SMILES string of the molecule is CCCCC/C=C\C/C=C\CCCCCCCCCC(CC(=O)NC(CO)C(O)CCCCCCCCCCCCCCC)OC(=O)CCCCCCC/C=C/CCCCCCCCC. The third-order valence-corrected chi connectivity index (χ3v) is 13.2. The molecule has 3 unspecified atom stereocenters. The molecule has 0 fully saturated rings. The number of hydrogen-bond acceptors (Lipinski definition) is 5. The van der Waals surface area contributed by atoms with Crippen LogP contribution in [0.3, 0.4) is 0 Å². The second-order valence-electron chi connectivity index (χ2n) is 19.7. The zero-order chi connectivity index (χ0) is 47.4. The van der Waals surface area contributed by atoms with E-state index in [4.69, 9.17) is 4.74 Å². The van der Waals surface area contributed by atoms with Crippen LogP contribution in [-0.4, -0.2) is 46.9 Å². The molecule has 0 spiro atoms. The van der Waals surface area contributed by atoms with Gasteiger partial charge in [0, 0.05) is 6.42 Å². The molecule has 0 heterocycles. The molecule has 0 aliphatic carbocycles. The number of allylic oxidation sites excluding steroid dienone is 6. The number of unbranched alkanes of at least 4 members (excludes halogenated alkanes) is 34. The number of carbonyl (C=O) groups excluding carboxylic acids is 2. The Kier molecular flexibility index (Phi) is 51.5. The van der Waals surface area contributed by atoms with E-state index in [9.17, 15) is 19.8 Å². The Morgan fingerprint density at radius 2 is 0.785 bits per heavy atom. The molecule has 0 saturated heterocycles. The minimum atomic E-state index is -0.790. The van der Waals surface area contributed by atoms with Crippen molar-refractivity contribution in [3.05, 3.63) is 36.5 Å². The molecule has 0 aromatic carbocycles. The number of hydrogen-bond donors (Lipinski definition) is 3. The number of ether oxygens (including phenoxy) is 1. The molecule has 0 saturated carbocycles. The van der Waals surface area contributed by atoms with Crippen LogP contribution in [0.1, 0.15) is 303 Å². The summed E-state index contributed by atoms with van der Waals surface area (Å²) in [7, 11) is 0. The number of aliphatic hydroxyl groups is 2. The number of carbonyl (C=O) groups is 2. The summed E-state index contributed by atoms with van der Waals surface area (Å²) in [6.07, 6.45) is 63.5. The molecule has 6 heteroatoms. The highest BCUT2D eigenvalue weighted by Gasteiger charge is 2.24. The lowest BCUT2D eigenvalue weighted by Gasteiger charge is -2.24. The van der Waals surface area contributed by atoms with Crippen molar-refractivity contribution in [2.45, 2.75) is 322 Å². The summed E-state index contributed by atoms with van der Waals surface area (Å²) in [4.78, 5) is 26.3. The maximum absolute atomic E-state index is 13.3. The summed E-state index contributed by atoms with van der Waals surface area (Å²) in [6.45, 7) is 6.48. The zero-order valence-electron chi connectivity index (χ0n) is 43.6. The maximum atomic E-state index is 13.3. The molecule has 0 radical (unpaired) electrons. The molecule has 3 N–H and O–H groups in total. The van der Waals surface area contributed by atoms with Crippen molar-refractivity contribution in [1.82, 2.24) is 5.32 Å². The highest BCUT2D eigenvalue weighted by Crippen LogP contribution is 2.18. The van der Waals surface area contributed by atoms with Crippen molar-refractivity contribution in [2.24, 2.45) is 0 Å². The van der Waals surface area contributed by atoms with Gasteiger partial charge >= 0.3 is 5.97 Å². The summed E-state index contributed by atoms with van der Waals surface area (Å²) >= 11 is 0. The van der Waals surface area contributed by atoms with Crippen LogP contribution >= 0.6 is 0 Å². The highest BCUT2D eigenvalue weighted by atomic mass is 16.5. The van der Waals surface area contributed by atoms with Crippen molar-refractivity contribution in [1.29, 1.82) is 0 Å². The van der Waals surface area contributed by atoms with Gasteiger partial charge in [-0.15, -0.1) is 0 Å². The largest absolute Gasteiger partial charge is 0.462 e. The van der Waals surface area contributed by atoms with Gasteiger partial charge in [-0.05, 0) is 83.5 Å². The monoisotopic (exact) mass is 914 g/mol. The van der Waals surface area contributed by atoms with Crippen LogP contribution in [0.2, 0.25) is 0 Å². The zero-order valence-corrected chi connectivity index (χ0v) is 43.6. The smallest absolute Gasteiger partial charge is 0.306 e. The van der Waals surface area contributed by atoms with Crippen molar-refractivity contribution in [2.75, 3.05) is 6.61 Å². The van der Waals surface area contributed by atoms with E-state index in [1.54, 1.807) is 0 Å². The first-order chi connectivity index (χ1) is 32.0. The van der Waals surface area contributed by atoms with Crippen LogP contribution in [0, 0.1) is 0 Å². The van der Waals surface area contributed by atoms with Gasteiger partial charge in [0.2, 0.25) is 5.91 Å². The second kappa shape index (κ2) is 53.0. The van der Waals surface area contributed by atoms with Crippen LogP contribution < -0.4 is 5.32 Å². The first-order valence-electron chi connectivity index (χ1n) is 28.7. The normalized spacial score (nSPS) is 13.4. The van der Waals surface area contributed by atoms with Gasteiger partial charge in [0.15, 0.2) is 0 Å². The summed E-state index contributed by atoms with van der Waals surface area (Å²) in [5.41, 5.74) is 0. The third-order valence-electron chi connectivity index (χ3n) is 13.2. The molecule has 0 rings (SSSR count). The average Bonchev–Trinajstić information content (AvgIpc) is 3.30. The first-order valence-corrected chi connectivity index (χ1v) is 28.7. The molecule has 65 heavy (non-hydrogen) atoms. The van der Waals surface area contributed by atoms with Crippen molar-refractivity contribution in [3.63, 3.8) is 0 Å². The van der Waals surface area contributed by atoms with E-state index in [1.165, 1.54) is 186 Å². The fourth-order valence-electron chi connectivity index (χ4n) is 8.81. The Morgan fingerprint density at radius 1 is 0.446 bits per heavy atom. The van der Waals surface area contributed by atoms with Crippen LogP contribution in [0.25, 0.3) is 0 Å². The van der Waals surface area contributed by atoms with Gasteiger partial charge in [-0.2, -0.15) is 0 Å².